The van der Waals surface area contributed by atoms with E-state index in [9.17, 15) is 5.11 Å². The van der Waals surface area contributed by atoms with Crippen LogP contribution in [-0.4, -0.2) is 44.2 Å². The first-order valence-electron chi connectivity index (χ1n) is 7.37. The summed E-state index contributed by atoms with van der Waals surface area (Å²) in [4.78, 5) is 0. The number of benzene rings is 1. The van der Waals surface area contributed by atoms with Crippen LogP contribution in [0.3, 0.4) is 0 Å². The summed E-state index contributed by atoms with van der Waals surface area (Å²) in [7, 11) is 1.61. The number of hydrogen-bond donors (Lipinski definition) is 2. The van der Waals surface area contributed by atoms with Crippen LogP contribution in [0, 0.1) is 0 Å². The van der Waals surface area contributed by atoms with Crippen molar-refractivity contribution in [1.29, 1.82) is 0 Å². The second kappa shape index (κ2) is 9.60. The van der Waals surface area contributed by atoms with Gasteiger partial charge in [0.25, 0.3) is 0 Å². The van der Waals surface area contributed by atoms with E-state index < -0.39 is 6.10 Å². The van der Waals surface area contributed by atoms with E-state index in [1.165, 1.54) is 0 Å². The SMILES string of the molecule is CCNCc1cccc(OC)c1OCC(O)COC(C)C. The minimum Gasteiger partial charge on any atom is -0.493 e. The molecule has 0 aliphatic rings. The molecule has 5 nitrogen and oxygen atoms in total. The molecule has 1 unspecified atom stereocenters. The van der Waals surface area contributed by atoms with Gasteiger partial charge in [0.15, 0.2) is 11.5 Å². The minimum atomic E-state index is -0.663. The Balaban J connectivity index is 2.66. The molecule has 5 heteroatoms. The van der Waals surface area contributed by atoms with E-state index in [1.807, 2.05) is 39.0 Å². The molecule has 0 saturated heterocycles. The summed E-state index contributed by atoms with van der Waals surface area (Å²) in [5, 5.41) is 13.1. The van der Waals surface area contributed by atoms with Gasteiger partial charge in [-0.25, -0.2) is 0 Å². The van der Waals surface area contributed by atoms with Crippen LogP contribution in [0.1, 0.15) is 26.3 Å². The molecule has 0 aliphatic heterocycles. The predicted octanol–water partition coefficient (Wildman–Crippen LogP) is 1.97. The van der Waals surface area contributed by atoms with Crippen molar-refractivity contribution >= 4 is 0 Å². The van der Waals surface area contributed by atoms with E-state index in [4.69, 9.17) is 14.2 Å². The molecule has 0 radical (unpaired) electrons. The van der Waals surface area contributed by atoms with E-state index in [-0.39, 0.29) is 19.3 Å². The summed E-state index contributed by atoms with van der Waals surface area (Å²) < 4.78 is 16.5. The first kappa shape index (κ1) is 17.8. The first-order valence-corrected chi connectivity index (χ1v) is 7.37. The van der Waals surface area contributed by atoms with Crippen molar-refractivity contribution in [3.05, 3.63) is 23.8 Å². The molecule has 21 heavy (non-hydrogen) atoms. The largest absolute Gasteiger partial charge is 0.493 e. The van der Waals surface area contributed by atoms with Gasteiger partial charge in [0.05, 0.1) is 19.8 Å². The Morgan fingerprint density at radius 2 is 2.00 bits per heavy atom. The maximum atomic E-state index is 9.88. The van der Waals surface area contributed by atoms with Gasteiger partial charge in [-0.2, -0.15) is 0 Å². The average molecular weight is 297 g/mol. The van der Waals surface area contributed by atoms with Crippen molar-refractivity contribution in [1.82, 2.24) is 5.32 Å². The second-order valence-corrected chi connectivity index (χ2v) is 5.08. The zero-order valence-corrected chi connectivity index (χ0v) is 13.4. The fourth-order valence-electron chi connectivity index (χ4n) is 1.82. The van der Waals surface area contributed by atoms with Crippen LogP contribution < -0.4 is 14.8 Å². The third-order valence-electron chi connectivity index (χ3n) is 2.89. The van der Waals surface area contributed by atoms with Crippen LogP contribution >= 0.6 is 0 Å². The highest BCUT2D eigenvalue weighted by atomic mass is 16.5. The highest BCUT2D eigenvalue weighted by molar-refractivity contribution is 5.46. The van der Waals surface area contributed by atoms with E-state index in [2.05, 4.69) is 5.32 Å². The van der Waals surface area contributed by atoms with Gasteiger partial charge in [0.1, 0.15) is 12.7 Å². The van der Waals surface area contributed by atoms with E-state index in [0.717, 1.165) is 12.1 Å². The predicted molar refractivity (Wildman–Crippen MR) is 83.0 cm³/mol. The Morgan fingerprint density at radius 1 is 1.24 bits per heavy atom. The molecule has 2 N–H and O–H groups in total. The van der Waals surface area contributed by atoms with Crippen LogP contribution in [0.4, 0.5) is 0 Å². The Morgan fingerprint density at radius 3 is 2.62 bits per heavy atom. The Hall–Kier alpha value is -1.30. The van der Waals surface area contributed by atoms with E-state index in [0.29, 0.717) is 18.0 Å². The molecule has 0 aromatic heterocycles. The first-order chi connectivity index (χ1) is 10.1. The van der Waals surface area contributed by atoms with Crippen LogP contribution in [0.2, 0.25) is 0 Å². The Labute approximate surface area is 127 Å². The van der Waals surface area contributed by atoms with Gasteiger partial charge in [-0.1, -0.05) is 19.1 Å². The lowest BCUT2D eigenvalue weighted by atomic mass is 10.2. The lowest BCUT2D eigenvalue weighted by Crippen LogP contribution is -2.25. The number of nitrogens with one attached hydrogen (secondary N) is 1. The molecular weight excluding hydrogens is 270 g/mol. The normalized spacial score (nSPS) is 12.5. The zero-order valence-electron chi connectivity index (χ0n) is 13.4. The molecule has 1 aromatic rings. The van der Waals surface area contributed by atoms with Crippen LogP contribution in [0.5, 0.6) is 11.5 Å². The molecule has 1 atom stereocenters. The topological polar surface area (TPSA) is 60.0 Å². The number of hydrogen-bond acceptors (Lipinski definition) is 5. The fourth-order valence-corrected chi connectivity index (χ4v) is 1.82. The third kappa shape index (κ3) is 6.33. The standard InChI is InChI=1S/C16H27NO4/c1-5-17-9-13-7-6-8-15(19-4)16(13)21-11-14(18)10-20-12(2)3/h6-8,12,14,17-18H,5,9-11H2,1-4H3. The Bertz CT molecular complexity index is 409. The number of para-hydroxylation sites is 1. The van der Waals surface area contributed by atoms with E-state index in [1.54, 1.807) is 7.11 Å². The van der Waals surface area contributed by atoms with Crippen LogP contribution in [0.25, 0.3) is 0 Å². The summed E-state index contributed by atoms with van der Waals surface area (Å²) in [5.74, 6) is 1.34. The number of methoxy groups -OCH3 is 1. The van der Waals surface area contributed by atoms with Gasteiger partial charge >= 0.3 is 0 Å². The van der Waals surface area contributed by atoms with Gasteiger partial charge in [-0.15, -0.1) is 0 Å². The molecule has 0 fully saturated rings. The monoisotopic (exact) mass is 297 g/mol. The van der Waals surface area contributed by atoms with Crippen molar-refractivity contribution in [3.63, 3.8) is 0 Å². The van der Waals surface area contributed by atoms with Crippen molar-refractivity contribution in [3.8, 4) is 11.5 Å². The summed E-state index contributed by atoms with van der Waals surface area (Å²) in [5.41, 5.74) is 1.01. The number of rotatable bonds is 10. The minimum absolute atomic E-state index is 0.0928. The number of aliphatic hydroxyl groups excluding tert-OH is 1. The fraction of sp³-hybridized carbons (Fsp3) is 0.625. The quantitative estimate of drug-likeness (QED) is 0.691. The van der Waals surface area contributed by atoms with Crippen LogP contribution in [0.15, 0.2) is 18.2 Å². The molecule has 0 heterocycles. The molecule has 0 spiro atoms. The molecular formula is C16H27NO4. The van der Waals surface area contributed by atoms with Gasteiger partial charge in [-0.05, 0) is 26.5 Å². The molecule has 0 saturated carbocycles. The van der Waals surface area contributed by atoms with Gasteiger partial charge in [-0.3, -0.25) is 0 Å². The Kier molecular flexibility index (Phi) is 8.12. The lowest BCUT2D eigenvalue weighted by Gasteiger charge is -2.18. The van der Waals surface area contributed by atoms with E-state index >= 15 is 0 Å². The van der Waals surface area contributed by atoms with Gasteiger partial charge < -0.3 is 24.6 Å². The molecule has 1 aromatic carbocycles. The smallest absolute Gasteiger partial charge is 0.165 e. The molecule has 120 valence electrons. The summed E-state index contributed by atoms with van der Waals surface area (Å²) >= 11 is 0. The summed E-state index contributed by atoms with van der Waals surface area (Å²) in [6, 6.07) is 5.76. The molecule has 0 bridgehead atoms. The second-order valence-electron chi connectivity index (χ2n) is 5.08. The number of ether oxygens (including phenoxy) is 3. The van der Waals surface area contributed by atoms with Crippen molar-refractivity contribution in [2.75, 3.05) is 26.9 Å². The third-order valence-corrected chi connectivity index (χ3v) is 2.89. The molecule has 0 amide bonds. The van der Waals surface area contributed by atoms with Crippen LogP contribution in [-0.2, 0) is 11.3 Å². The highest BCUT2D eigenvalue weighted by Gasteiger charge is 2.13. The maximum Gasteiger partial charge on any atom is 0.165 e. The zero-order chi connectivity index (χ0) is 15.7. The van der Waals surface area contributed by atoms with Gasteiger partial charge in [0.2, 0.25) is 0 Å². The van der Waals surface area contributed by atoms with Crippen molar-refractivity contribution < 1.29 is 19.3 Å². The van der Waals surface area contributed by atoms with Gasteiger partial charge in [0, 0.05) is 12.1 Å². The average Bonchev–Trinajstić information content (AvgIpc) is 2.48. The summed E-state index contributed by atoms with van der Waals surface area (Å²) in [6.07, 6.45) is -0.570. The highest BCUT2D eigenvalue weighted by Crippen LogP contribution is 2.31. The molecule has 1 rings (SSSR count). The van der Waals surface area contributed by atoms with Crippen molar-refractivity contribution in [2.45, 2.75) is 39.5 Å². The summed E-state index contributed by atoms with van der Waals surface area (Å²) in [6.45, 7) is 7.92. The number of aliphatic hydroxyl groups is 1. The van der Waals surface area contributed by atoms with Crippen molar-refractivity contribution in [2.24, 2.45) is 0 Å². The lowest BCUT2D eigenvalue weighted by molar-refractivity contribution is -0.0127. The maximum absolute atomic E-state index is 9.88. The molecule has 0 aliphatic carbocycles.